The third kappa shape index (κ3) is 2.60. The van der Waals surface area contributed by atoms with Crippen LogP contribution < -0.4 is 0 Å². The summed E-state index contributed by atoms with van der Waals surface area (Å²) in [5.41, 5.74) is 2.66. The Morgan fingerprint density at radius 3 is 2.95 bits per heavy atom. The van der Waals surface area contributed by atoms with Crippen molar-refractivity contribution in [2.75, 3.05) is 18.8 Å². The highest BCUT2D eigenvalue weighted by atomic mass is 32.2. The molecule has 0 spiro atoms. The molecule has 110 valence electrons. The minimum absolute atomic E-state index is 0.882. The average molecular weight is 300 g/mol. The summed E-state index contributed by atoms with van der Waals surface area (Å²) < 4.78 is 1.92. The highest BCUT2D eigenvalue weighted by Crippen LogP contribution is 2.34. The number of benzene rings is 1. The van der Waals surface area contributed by atoms with Gasteiger partial charge < -0.3 is 0 Å². The topological polar surface area (TPSA) is 34.0 Å². The van der Waals surface area contributed by atoms with E-state index >= 15 is 0 Å². The van der Waals surface area contributed by atoms with E-state index in [2.05, 4.69) is 28.2 Å². The molecule has 0 atom stereocenters. The fourth-order valence-corrected chi connectivity index (χ4v) is 4.31. The minimum Gasteiger partial charge on any atom is -0.296 e. The van der Waals surface area contributed by atoms with Gasteiger partial charge in [-0.25, -0.2) is 9.67 Å². The van der Waals surface area contributed by atoms with Crippen molar-refractivity contribution >= 4 is 11.8 Å². The van der Waals surface area contributed by atoms with Crippen molar-refractivity contribution in [2.24, 2.45) is 7.05 Å². The molecule has 1 aromatic heterocycles. The Labute approximate surface area is 129 Å². The second-order valence-electron chi connectivity index (χ2n) is 5.88. The molecule has 1 aromatic carbocycles. The van der Waals surface area contributed by atoms with Crippen LogP contribution in [-0.4, -0.2) is 38.5 Å². The van der Waals surface area contributed by atoms with Crippen LogP contribution in [0.1, 0.15) is 24.2 Å². The van der Waals surface area contributed by atoms with Crippen LogP contribution in [0.15, 0.2) is 23.1 Å². The Morgan fingerprint density at radius 2 is 2.10 bits per heavy atom. The van der Waals surface area contributed by atoms with Crippen molar-refractivity contribution in [2.45, 2.75) is 30.7 Å². The molecule has 2 aliphatic heterocycles. The summed E-state index contributed by atoms with van der Waals surface area (Å²) in [6.07, 6.45) is 3.81. The standard InChI is InChI=1S/C16H20N4S/c1-19-16(13-5-4-12-6-9-21-14(12)10-13)17-15(18-19)11-20-7-2-3-8-20/h4-5,10H,2-3,6-9,11H2,1H3. The molecule has 4 nitrogen and oxygen atoms in total. The van der Waals surface area contributed by atoms with Gasteiger partial charge in [0.15, 0.2) is 11.6 Å². The lowest BCUT2D eigenvalue weighted by atomic mass is 10.1. The summed E-state index contributed by atoms with van der Waals surface area (Å²) in [5, 5.41) is 4.60. The second-order valence-corrected chi connectivity index (χ2v) is 7.02. The van der Waals surface area contributed by atoms with Crippen molar-refractivity contribution in [1.29, 1.82) is 0 Å². The van der Waals surface area contributed by atoms with Gasteiger partial charge in [0, 0.05) is 23.3 Å². The molecule has 3 heterocycles. The number of hydrogen-bond acceptors (Lipinski definition) is 4. The molecule has 4 rings (SSSR count). The first-order valence-electron chi connectivity index (χ1n) is 7.68. The van der Waals surface area contributed by atoms with Crippen molar-refractivity contribution in [3.8, 4) is 11.4 Å². The van der Waals surface area contributed by atoms with Gasteiger partial charge in [-0.15, -0.1) is 11.8 Å². The molecule has 2 aliphatic rings. The predicted octanol–water partition coefficient (Wildman–Crippen LogP) is 2.73. The molecule has 1 saturated heterocycles. The number of nitrogens with zero attached hydrogens (tertiary/aromatic N) is 4. The Kier molecular flexibility index (Phi) is 3.47. The molecule has 21 heavy (non-hydrogen) atoms. The molecule has 0 bridgehead atoms. The van der Waals surface area contributed by atoms with Crippen LogP contribution in [0.4, 0.5) is 0 Å². The Hall–Kier alpha value is -1.33. The van der Waals surface area contributed by atoms with E-state index in [0.29, 0.717) is 0 Å². The molecule has 0 unspecified atom stereocenters. The molecular formula is C16H20N4S. The molecule has 5 heteroatoms. The summed E-state index contributed by atoms with van der Waals surface area (Å²) in [6.45, 7) is 3.25. The maximum absolute atomic E-state index is 4.77. The zero-order chi connectivity index (χ0) is 14.2. The summed E-state index contributed by atoms with van der Waals surface area (Å²) >= 11 is 1.95. The maximum Gasteiger partial charge on any atom is 0.165 e. The first-order chi connectivity index (χ1) is 10.3. The van der Waals surface area contributed by atoms with Gasteiger partial charge in [0.25, 0.3) is 0 Å². The van der Waals surface area contributed by atoms with Gasteiger partial charge in [-0.05, 0) is 44.0 Å². The molecule has 0 aliphatic carbocycles. The zero-order valence-corrected chi connectivity index (χ0v) is 13.2. The first kappa shape index (κ1) is 13.3. The van der Waals surface area contributed by atoms with Crippen LogP contribution in [0.25, 0.3) is 11.4 Å². The monoisotopic (exact) mass is 300 g/mol. The second kappa shape index (κ2) is 5.46. The number of fused-ring (bicyclic) bond motifs is 1. The molecule has 1 fully saturated rings. The summed E-state index contributed by atoms with van der Waals surface area (Å²) in [5.74, 6) is 3.14. The molecule has 0 saturated carbocycles. The number of rotatable bonds is 3. The van der Waals surface area contributed by atoms with Gasteiger partial charge in [0.2, 0.25) is 0 Å². The fraction of sp³-hybridized carbons (Fsp3) is 0.500. The fourth-order valence-electron chi connectivity index (χ4n) is 3.20. The molecule has 0 N–H and O–H groups in total. The molecule has 2 aromatic rings. The lowest BCUT2D eigenvalue weighted by Gasteiger charge is -2.10. The Bertz CT molecular complexity index is 658. The summed E-state index contributed by atoms with van der Waals surface area (Å²) in [6, 6.07) is 6.71. The van der Waals surface area contributed by atoms with Crippen molar-refractivity contribution in [3.63, 3.8) is 0 Å². The van der Waals surface area contributed by atoms with Gasteiger partial charge in [0.1, 0.15) is 0 Å². The average Bonchev–Trinajstić information content (AvgIpc) is 3.19. The highest BCUT2D eigenvalue weighted by molar-refractivity contribution is 7.99. The van der Waals surface area contributed by atoms with Gasteiger partial charge in [-0.2, -0.15) is 5.10 Å². The van der Waals surface area contributed by atoms with Crippen LogP contribution in [0.5, 0.6) is 0 Å². The first-order valence-corrected chi connectivity index (χ1v) is 8.66. The van der Waals surface area contributed by atoms with Gasteiger partial charge in [0.05, 0.1) is 6.54 Å². The van der Waals surface area contributed by atoms with Crippen molar-refractivity contribution < 1.29 is 0 Å². The van der Waals surface area contributed by atoms with Crippen LogP contribution in [-0.2, 0) is 20.0 Å². The number of thioether (sulfide) groups is 1. The van der Waals surface area contributed by atoms with E-state index in [1.807, 2.05) is 23.5 Å². The van der Waals surface area contributed by atoms with E-state index in [9.17, 15) is 0 Å². The Morgan fingerprint density at radius 1 is 1.24 bits per heavy atom. The number of hydrogen-bond donors (Lipinski definition) is 0. The summed E-state index contributed by atoms with van der Waals surface area (Å²) in [4.78, 5) is 8.63. The minimum atomic E-state index is 0.882. The largest absolute Gasteiger partial charge is 0.296 e. The van der Waals surface area contributed by atoms with Crippen molar-refractivity contribution in [1.82, 2.24) is 19.7 Å². The SMILES string of the molecule is Cn1nc(CN2CCCC2)nc1-c1ccc2c(c1)SCC2. The van der Waals surface area contributed by atoms with Gasteiger partial charge in [-0.1, -0.05) is 12.1 Å². The maximum atomic E-state index is 4.77. The summed E-state index contributed by atoms with van der Waals surface area (Å²) in [7, 11) is 2.00. The third-order valence-electron chi connectivity index (χ3n) is 4.32. The van der Waals surface area contributed by atoms with E-state index in [0.717, 1.165) is 18.2 Å². The lowest BCUT2D eigenvalue weighted by Crippen LogP contribution is -2.19. The van der Waals surface area contributed by atoms with Crippen LogP contribution in [0.3, 0.4) is 0 Å². The van der Waals surface area contributed by atoms with Crippen LogP contribution in [0.2, 0.25) is 0 Å². The van der Waals surface area contributed by atoms with E-state index in [4.69, 9.17) is 4.98 Å². The smallest absolute Gasteiger partial charge is 0.165 e. The Balaban J connectivity index is 1.61. The number of aryl methyl sites for hydroxylation is 2. The van der Waals surface area contributed by atoms with E-state index in [1.54, 1.807) is 0 Å². The lowest BCUT2D eigenvalue weighted by molar-refractivity contribution is 0.322. The molecule has 0 radical (unpaired) electrons. The normalized spacial score (nSPS) is 18.3. The third-order valence-corrected chi connectivity index (χ3v) is 5.42. The van der Waals surface area contributed by atoms with Gasteiger partial charge >= 0.3 is 0 Å². The molecule has 0 amide bonds. The van der Waals surface area contributed by atoms with Crippen molar-refractivity contribution in [3.05, 3.63) is 29.6 Å². The number of likely N-dealkylation sites (tertiary alicyclic amines) is 1. The van der Waals surface area contributed by atoms with Crippen LogP contribution in [0, 0.1) is 0 Å². The van der Waals surface area contributed by atoms with Gasteiger partial charge in [-0.3, -0.25) is 4.90 Å². The van der Waals surface area contributed by atoms with E-state index in [-0.39, 0.29) is 0 Å². The number of aromatic nitrogens is 3. The van der Waals surface area contributed by atoms with Crippen LogP contribution >= 0.6 is 11.8 Å². The zero-order valence-electron chi connectivity index (χ0n) is 12.4. The quantitative estimate of drug-likeness (QED) is 0.873. The predicted molar refractivity (Wildman–Crippen MR) is 85.4 cm³/mol. The highest BCUT2D eigenvalue weighted by Gasteiger charge is 2.18. The van der Waals surface area contributed by atoms with E-state index < -0.39 is 0 Å². The molecular weight excluding hydrogens is 280 g/mol. The van der Waals surface area contributed by atoms with E-state index in [1.165, 1.54) is 54.1 Å².